The van der Waals surface area contributed by atoms with E-state index in [2.05, 4.69) is 12.2 Å². The van der Waals surface area contributed by atoms with Crippen LogP contribution in [0, 0.1) is 6.92 Å². The van der Waals surface area contributed by atoms with Gasteiger partial charge in [0, 0.05) is 24.5 Å². The van der Waals surface area contributed by atoms with Crippen molar-refractivity contribution in [3.63, 3.8) is 0 Å². The van der Waals surface area contributed by atoms with Crippen molar-refractivity contribution in [2.45, 2.75) is 45.7 Å². The summed E-state index contributed by atoms with van der Waals surface area (Å²) in [5.41, 5.74) is 2.79. The number of nitrogens with zero attached hydrogens (tertiary/aromatic N) is 1. The molecule has 0 aliphatic heterocycles. The maximum Gasteiger partial charge on any atom is 0.261 e. The van der Waals surface area contributed by atoms with Crippen LogP contribution in [-0.4, -0.2) is 35.9 Å². The topological polar surface area (TPSA) is 58.6 Å². The number of hydrogen-bond donors (Lipinski definition) is 1. The standard InChI is InChI=1S/C29H33ClN2O3/c1-3-4-17-31-29(34)27(19-23-12-6-5-7-13-23)32(20-24-14-8-9-16-26(24)30)28(33)21-35-25-15-10-11-22(2)18-25/h5-16,18,27H,3-4,17,19-21H2,1-2H3,(H,31,34)/t27-/m1/s1. The maximum atomic E-state index is 13.6. The molecule has 0 spiro atoms. The highest BCUT2D eigenvalue weighted by molar-refractivity contribution is 6.31. The molecule has 0 aromatic heterocycles. The van der Waals surface area contributed by atoms with Crippen LogP contribution in [0.3, 0.4) is 0 Å². The number of carbonyl (C=O) groups excluding carboxylic acids is 2. The molecule has 0 saturated carbocycles. The summed E-state index contributed by atoms with van der Waals surface area (Å²) >= 11 is 6.44. The summed E-state index contributed by atoms with van der Waals surface area (Å²) in [5, 5.41) is 3.57. The fourth-order valence-electron chi connectivity index (χ4n) is 3.80. The molecule has 0 saturated heterocycles. The zero-order valence-corrected chi connectivity index (χ0v) is 21.1. The summed E-state index contributed by atoms with van der Waals surface area (Å²) in [6.45, 7) is 4.63. The van der Waals surface area contributed by atoms with E-state index >= 15 is 0 Å². The Morgan fingerprint density at radius 1 is 1.00 bits per heavy atom. The highest BCUT2D eigenvalue weighted by Crippen LogP contribution is 2.21. The summed E-state index contributed by atoms with van der Waals surface area (Å²) in [6.07, 6.45) is 2.23. The third-order valence-electron chi connectivity index (χ3n) is 5.75. The van der Waals surface area contributed by atoms with Gasteiger partial charge in [0.1, 0.15) is 11.8 Å². The molecule has 5 nitrogen and oxygen atoms in total. The first-order chi connectivity index (χ1) is 17.0. The molecule has 0 aliphatic carbocycles. The Hall–Kier alpha value is -3.31. The molecular formula is C29H33ClN2O3. The van der Waals surface area contributed by atoms with Gasteiger partial charge in [-0.2, -0.15) is 0 Å². The summed E-state index contributed by atoms with van der Waals surface area (Å²) in [6, 6.07) is 24.0. The van der Waals surface area contributed by atoms with Crippen LogP contribution in [0.1, 0.15) is 36.5 Å². The van der Waals surface area contributed by atoms with Crippen LogP contribution in [0.2, 0.25) is 5.02 Å². The van der Waals surface area contributed by atoms with Crippen LogP contribution in [-0.2, 0) is 22.6 Å². The molecular weight excluding hydrogens is 460 g/mol. The van der Waals surface area contributed by atoms with Crippen molar-refractivity contribution >= 4 is 23.4 Å². The lowest BCUT2D eigenvalue weighted by molar-refractivity contribution is -0.142. The first kappa shape index (κ1) is 26.3. The Kier molecular flexibility index (Phi) is 10.2. The Labute approximate surface area is 213 Å². The van der Waals surface area contributed by atoms with Crippen molar-refractivity contribution in [2.75, 3.05) is 13.2 Å². The maximum absolute atomic E-state index is 13.6. The highest BCUT2D eigenvalue weighted by Gasteiger charge is 2.31. The molecule has 0 heterocycles. The number of ether oxygens (including phenoxy) is 1. The second kappa shape index (κ2) is 13.5. The number of nitrogens with one attached hydrogen (secondary N) is 1. The number of hydrogen-bond acceptors (Lipinski definition) is 3. The van der Waals surface area contributed by atoms with Gasteiger partial charge in [-0.25, -0.2) is 0 Å². The predicted molar refractivity (Wildman–Crippen MR) is 141 cm³/mol. The van der Waals surface area contributed by atoms with Crippen LogP contribution in [0.4, 0.5) is 0 Å². The van der Waals surface area contributed by atoms with Crippen LogP contribution in [0.25, 0.3) is 0 Å². The average molecular weight is 493 g/mol. The van der Waals surface area contributed by atoms with E-state index in [1.165, 1.54) is 0 Å². The van der Waals surface area contributed by atoms with Crippen molar-refractivity contribution < 1.29 is 14.3 Å². The van der Waals surface area contributed by atoms with Gasteiger partial charge in [0.05, 0.1) is 0 Å². The molecule has 0 aliphatic rings. The van der Waals surface area contributed by atoms with Crippen molar-refractivity contribution in [1.29, 1.82) is 0 Å². The van der Waals surface area contributed by atoms with Gasteiger partial charge in [0.25, 0.3) is 5.91 Å². The quantitative estimate of drug-likeness (QED) is 0.335. The zero-order valence-electron chi connectivity index (χ0n) is 20.4. The van der Waals surface area contributed by atoms with Gasteiger partial charge in [0.2, 0.25) is 5.91 Å². The monoisotopic (exact) mass is 492 g/mol. The normalized spacial score (nSPS) is 11.5. The summed E-state index contributed by atoms with van der Waals surface area (Å²) < 4.78 is 5.82. The number of rotatable bonds is 12. The van der Waals surface area contributed by atoms with Crippen molar-refractivity contribution in [3.8, 4) is 5.75 Å². The minimum atomic E-state index is -0.709. The molecule has 35 heavy (non-hydrogen) atoms. The minimum absolute atomic E-state index is 0.179. The van der Waals surface area contributed by atoms with E-state index in [9.17, 15) is 9.59 Å². The smallest absolute Gasteiger partial charge is 0.261 e. The van der Waals surface area contributed by atoms with Crippen molar-refractivity contribution in [2.24, 2.45) is 0 Å². The van der Waals surface area contributed by atoms with E-state index in [0.29, 0.717) is 23.7 Å². The van der Waals surface area contributed by atoms with E-state index in [1.807, 2.05) is 79.7 Å². The van der Waals surface area contributed by atoms with Gasteiger partial charge in [-0.1, -0.05) is 85.6 Å². The van der Waals surface area contributed by atoms with Crippen molar-refractivity contribution in [1.82, 2.24) is 10.2 Å². The van der Waals surface area contributed by atoms with E-state index < -0.39 is 6.04 Å². The van der Waals surface area contributed by atoms with Crippen LogP contribution in [0.5, 0.6) is 5.75 Å². The molecule has 2 amide bonds. The summed E-state index contributed by atoms with van der Waals surface area (Å²) in [7, 11) is 0. The molecule has 0 fully saturated rings. The molecule has 0 radical (unpaired) electrons. The Balaban J connectivity index is 1.89. The summed E-state index contributed by atoms with van der Waals surface area (Å²) in [5.74, 6) is 0.152. The number of carbonyl (C=O) groups is 2. The summed E-state index contributed by atoms with van der Waals surface area (Å²) in [4.78, 5) is 28.5. The molecule has 3 rings (SSSR count). The molecule has 3 aromatic carbocycles. The second-order valence-corrected chi connectivity index (χ2v) is 8.98. The molecule has 0 bridgehead atoms. The van der Waals surface area contributed by atoms with Gasteiger partial charge < -0.3 is 15.0 Å². The third kappa shape index (κ3) is 8.15. The van der Waals surface area contributed by atoms with Crippen LogP contribution < -0.4 is 10.1 Å². The first-order valence-electron chi connectivity index (χ1n) is 12.0. The van der Waals surface area contributed by atoms with E-state index in [1.54, 1.807) is 11.0 Å². The lowest BCUT2D eigenvalue weighted by Crippen LogP contribution is -2.51. The number of benzene rings is 3. The van der Waals surface area contributed by atoms with Gasteiger partial charge in [-0.3, -0.25) is 9.59 Å². The second-order valence-electron chi connectivity index (χ2n) is 8.57. The molecule has 6 heteroatoms. The SMILES string of the molecule is CCCCNC(=O)[C@@H](Cc1ccccc1)N(Cc1ccccc1Cl)C(=O)COc1cccc(C)c1. The Bertz CT molecular complexity index is 1100. The van der Waals surface area contributed by atoms with Gasteiger partial charge in [-0.15, -0.1) is 0 Å². The molecule has 1 N–H and O–H groups in total. The lowest BCUT2D eigenvalue weighted by atomic mass is 10.0. The largest absolute Gasteiger partial charge is 0.484 e. The Morgan fingerprint density at radius 2 is 1.74 bits per heavy atom. The van der Waals surface area contributed by atoms with Crippen LogP contribution >= 0.6 is 11.6 Å². The van der Waals surface area contributed by atoms with Gasteiger partial charge in [0.15, 0.2) is 6.61 Å². The lowest BCUT2D eigenvalue weighted by Gasteiger charge is -2.31. The van der Waals surface area contributed by atoms with E-state index in [4.69, 9.17) is 16.3 Å². The highest BCUT2D eigenvalue weighted by atomic mass is 35.5. The third-order valence-corrected chi connectivity index (χ3v) is 6.12. The number of halogens is 1. The Morgan fingerprint density at radius 3 is 2.46 bits per heavy atom. The minimum Gasteiger partial charge on any atom is -0.484 e. The van der Waals surface area contributed by atoms with E-state index in [-0.39, 0.29) is 25.0 Å². The predicted octanol–water partition coefficient (Wildman–Crippen LogP) is 5.58. The molecule has 184 valence electrons. The number of aryl methyl sites for hydroxylation is 1. The van der Waals surface area contributed by atoms with Crippen LogP contribution in [0.15, 0.2) is 78.9 Å². The zero-order chi connectivity index (χ0) is 25.0. The fraction of sp³-hybridized carbons (Fsp3) is 0.310. The first-order valence-corrected chi connectivity index (χ1v) is 12.4. The van der Waals surface area contributed by atoms with Crippen molar-refractivity contribution in [3.05, 3.63) is 101 Å². The molecule has 0 unspecified atom stereocenters. The van der Waals surface area contributed by atoms with Gasteiger partial charge in [-0.05, 0) is 48.2 Å². The van der Waals surface area contributed by atoms with Gasteiger partial charge >= 0.3 is 0 Å². The number of unbranched alkanes of at least 4 members (excludes halogenated alkanes) is 1. The molecule has 1 atom stereocenters. The fourth-order valence-corrected chi connectivity index (χ4v) is 4.00. The molecule has 3 aromatic rings. The number of amides is 2. The van der Waals surface area contributed by atoms with E-state index in [0.717, 1.165) is 29.5 Å². The average Bonchev–Trinajstić information content (AvgIpc) is 2.86.